The number of hydrogen-bond acceptors (Lipinski definition) is 3. The zero-order chi connectivity index (χ0) is 18.6. The van der Waals surface area contributed by atoms with E-state index < -0.39 is 14.5 Å². The van der Waals surface area contributed by atoms with Crippen LogP contribution in [0.4, 0.5) is 4.79 Å². The molecule has 0 unspecified atom stereocenters. The highest BCUT2D eigenvalue weighted by Gasteiger charge is 2.48. The van der Waals surface area contributed by atoms with Gasteiger partial charge in [0.1, 0.15) is 0 Å². The van der Waals surface area contributed by atoms with Gasteiger partial charge in [0.15, 0.2) is 0 Å². The zero-order valence-electron chi connectivity index (χ0n) is 17.3. The largest absolute Gasteiger partial charge is 0.494 e. The quantitative estimate of drug-likeness (QED) is 0.195. The van der Waals surface area contributed by atoms with E-state index in [1.165, 1.54) is 38.5 Å². The molecular formula is C20H42O3Si. The maximum atomic E-state index is 12.2. The van der Waals surface area contributed by atoms with Gasteiger partial charge in [-0.25, -0.2) is 4.79 Å². The second kappa shape index (κ2) is 12.8. The first-order valence-electron chi connectivity index (χ1n) is 10.1. The number of hydrogen-bond donors (Lipinski definition) is 0. The molecule has 0 aliphatic carbocycles. The Labute approximate surface area is 152 Å². The fraction of sp³-hybridized carbons (Fsp3) is 0.950. The van der Waals surface area contributed by atoms with E-state index in [-0.39, 0.29) is 0 Å². The molecule has 0 aliphatic rings. The summed E-state index contributed by atoms with van der Waals surface area (Å²) in [5, 5.41) is 0. The molecule has 0 bridgehead atoms. The SMILES string of the molecule is CCCCCCCCCCOC(=O)O[Si](C(C)C)(C(C)C)C(C)C. The van der Waals surface area contributed by atoms with Crippen LogP contribution in [0.5, 0.6) is 0 Å². The molecule has 0 aromatic rings. The van der Waals surface area contributed by atoms with Gasteiger partial charge in [0.25, 0.3) is 8.32 Å². The summed E-state index contributed by atoms with van der Waals surface area (Å²) in [5.74, 6) is 0. The Kier molecular flexibility index (Phi) is 12.5. The minimum absolute atomic E-state index is 0.396. The molecule has 0 aromatic heterocycles. The van der Waals surface area contributed by atoms with Gasteiger partial charge in [-0.2, -0.15) is 0 Å². The summed E-state index contributed by atoms with van der Waals surface area (Å²) in [6, 6.07) is 0. The van der Waals surface area contributed by atoms with E-state index >= 15 is 0 Å². The van der Waals surface area contributed by atoms with E-state index in [4.69, 9.17) is 9.16 Å². The average Bonchev–Trinajstić information content (AvgIpc) is 2.49. The fourth-order valence-corrected chi connectivity index (χ4v) is 8.97. The summed E-state index contributed by atoms with van der Waals surface area (Å²) in [6.45, 7) is 15.8. The maximum Gasteiger partial charge on any atom is 0.494 e. The van der Waals surface area contributed by atoms with Gasteiger partial charge in [-0.05, 0) is 23.0 Å². The van der Waals surface area contributed by atoms with E-state index in [1.54, 1.807) is 0 Å². The van der Waals surface area contributed by atoms with Gasteiger partial charge in [-0.1, -0.05) is 93.4 Å². The van der Waals surface area contributed by atoms with Crippen molar-refractivity contribution in [3.05, 3.63) is 0 Å². The van der Waals surface area contributed by atoms with Crippen molar-refractivity contribution >= 4 is 14.5 Å². The topological polar surface area (TPSA) is 35.5 Å². The van der Waals surface area contributed by atoms with Crippen LogP contribution in [0, 0.1) is 0 Å². The Hall–Kier alpha value is -0.513. The van der Waals surface area contributed by atoms with Gasteiger partial charge in [-0.3, -0.25) is 0 Å². The van der Waals surface area contributed by atoms with Crippen molar-refractivity contribution in [2.24, 2.45) is 0 Å². The maximum absolute atomic E-state index is 12.2. The van der Waals surface area contributed by atoms with Gasteiger partial charge >= 0.3 is 6.16 Å². The van der Waals surface area contributed by atoms with Gasteiger partial charge in [0.05, 0.1) is 6.61 Å². The van der Waals surface area contributed by atoms with Crippen LogP contribution in [0.2, 0.25) is 16.6 Å². The van der Waals surface area contributed by atoms with Crippen molar-refractivity contribution in [3.8, 4) is 0 Å². The van der Waals surface area contributed by atoms with Crippen LogP contribution >= 0.6 is 0 Å². The molecule has 0 rings (SSSR count). The lowest BCUT2D eigenvalue weighted by atomic mass is 10.1. The monoisotopic (exact) mass is 358 g/mol. The lowest BCUT2D eigenvalue weighted by Crippen LogP contribution is -2.49. The van der Waals surface area contributed by atoms with Gasteiger partial charge in [0, 0.05) is 0 Å². The van der Waals surface area contributed by atoms with Crippen LogP contribution in [0.25, 0.3) is 0 Å². The molecule has 0 heterocycles. The number of unbranched alkanes of at least 4 members (excludes halogenated alkanes) is 7. The van der Waals surface area contributed by atoms with Crippen molar-refractivity contribution in [3.63, 3.8) is 0 Å². The molecular weight excluding hydrogens is 316 g/mol. The zero-order valence-corrected chi connectivity index (χ0v) is 18.3. The lowest BCUT2D eigenvalue weighted by molar-refractivity contribution is 0.0912. The van der Waals surface area contributed by atoms with Gasteiger partial charge in [0.2, 0.25) is 0 Å². The first kappa shape index (κ1) is 23.5. The highest BCUT2D eigenvalue weighted by atomic mass is 28.4. The van der Waals surface area contributed by atoms with E-state index in [0.717, 1.165) is 12.8 Å². The molecule has 0 amide bonds. The lowest BCUT2D eigenvalue weighted by Gasteiger charge is -2.40. The van der Waals surface area contributed by atoms with Crippen LogP contribution in [0.1, 0.15) is 99.8 Å². The minimum atomic E-state index is -2.16. The van der Waals surface area contributed by atoms with Crippen molar-refractivity contribution in [2.45, 2.75) is 116 Å². The molecule has 0 atom stereocenters. The Balaban J connectivity index is 4.07. The third kappa shape index (κ3) is 8.04. The molecule has 0 fully saturated rings. The molecule has 0 spiro atoms. The molecule has 0 aliphatic heterocycles. The van der Waals surface area contributed by atoms with E-state index in [1.807, 2.05) is 0 Å². The minimum Gasteiger partial charge on any atom is -0.488 e. The van der Waals surface area contributed by atoms with Crippen LogP contribution in [0.3, 0.4) is 0 Å². The Morgan fingerprint density at radius 1 is 0.750 bits per heavy atom. The van der Waals surface area contributed by atoms with Crippen LogP contribution in [-0.4, -0.2) is 21.1 Å². The van der Waals surface area contributed by atoms with Crippen molar-refractivity contribution in [2.75, 3.05) is 6.61 Å². The summed E-state index contributed by atoms with van der Waals surface area (Å²) in [6.07, 6.45) is 9.52. The molecule has 0 aromatic carbocycles. The predicted octanol–water partition coefficient (Wildman–Crippen LogP) is 7.46. The third-order valence-corrected chi connectivity index (χ3v) is 11.1. The first-order valence-corrected chi connectivity index (χ1v) is 12.3. The summed E-state index contributed by atoms with van der Waals surface area (Å²) in [4.78, 5) is 12.2. The van der Waals surface area contributed by atoms with Crippen LogP contribution in [0.15, 0.2) is 0 Å². The summed E-state index contributed by atoms with van der Waals surface area (Å²) in [7, 11) is -2.16. The first-order chi connectivity index (χ1) is 11.3. The van der Waals surface area contributed by atoms with Crippen LogP contribution in [-0.2, 0) is 9.16 Å². The number of carbonyl (C=O) groups excluding carboxylic acids is 1. The highest BCUT2D eigenvalue weighted by Crippen LogP contribution is 2.42. The van der Waals surface area contributed by atoms with Gasteiger partial charge in [-0.15, -0.1) is 0 Å². The average molecular weight is 359 g/mol. The molecule has 4 heteroatoms. The van der Waals surface area contributed by atoms with Crippen LogP contribution < -0.4 is 0 Å². The molecule has 0 radical (unpaired) electrons. The number of ether oxygens (including phenoxy) is 1. The number of rotatable bonds is 13. The van der Waals surface area contributed by atoms with E-state index in [0.29, 0.717) is 23.2 Å². The second-order valence-electron chi connectivity index (χ2n) is 7.99. The molecule has 0 N–H and O–H groups in total. The van der Waals surface area contributed by atoms with E-state index in [9.17, 15) is 4.79 Å². The molecule has 0 saturated carbocycles. The highest BCUT2D eigenvalue weighted by molar-refractivity contribution is 6.78. The Morgan fingerprint density at radius 2 is 1.17 bits per heavy atom. The summed E-state index contributed by atoms with van der Waals surface area (Å²) >= 11 is 0. The van der Waals surface area contributed by atoms with E-state index in [2.05, 4.69) is 48.5 Å². The summed E-state index contributed by atoms with van der Waals surface area (Å²) < 4.78 is 11.3. The number of carbonyl (C=O) groups is 1. The molecule has 144 valence electrons. The molecule has 0 saturated heterocycles. The summed E-state index contributed by atoms with van der Waals surface area (Å²) in [5.41, 5.74) is 1.19. The predicted molar refractivity (Wildman–Crippen MR) is 106 cm³/mol. The van der Waals surface area contributed by atoms with Crippen molar-refractivity contribution in [1.82, 2.24) is 0 Å². The van der Waals surface area contributed by atoms with Gasteiger partial charge < -0.3 is 9.16 Å². The standard InChI is InChI=1S/C20H42O3Si/c1-8-9-10-11-12-13-14-15-16-22-20(21)23-24(17(2)3,18(4)5)19(6)7/h17-19H,8-16H2,1-7H3. The second-order valence-corrected chi connectivity index (χ2v) is 13.4. The Bertz CT molecular complexity index is 305. The molecule has 24 heavy (non-hydrogen) atoms. The Morgan fingerprint density at radius 3 is 1.58 bits per heavy atom. The fourth-order valence-electron chi connectivity index (χ4n) is 3.92. The normalized spacial score (nSPS) is 12.2. The molecule has 3 nitrogen and oxygen atoms in total. The smallest absolute Gasteiger partial charge is 0.488 e. The van der Waals surface area contributed by atoms with Crippen molar-refractivity contribution in [1.29, 1.82) is 0 Å². The van der Waals surface area contributed by atoms with Crippen molar-refractivity contribution < 1.29 is 14.0 Å². The third-order valence-electron chi connectivity index (χ3n) is 5.19.